The lowest BCUT2D eigenvalue weighted by molar-refractivity contribution is -0.146. The SMILES string of the molecule is CCC(C)N(CC(=O)O)C(=O)CC(N)C1CC1. The molecule has 2 atom stereocenters. The van der Waals surface area contributed by atoms with Crippen molar-refractivity contribution in [3.63, 3.8) is 0 Å². The zero-order chi connectivity index (χ0) is 13.0. The van der Waals surface area contributed by atoms with E-state index in [4.69, 9.17) is 10.8 Å². The van der Waals surface area contributed by atoms with E-state index in [1.807, 2.05) is 13.8 Å². The summed E-state index contributed by atoms with van der Waals surface area (Å²) < 4.78 is 0. The highest BCUT2D eigenvalue weighted by Crippen LogP contribution is 2.33. The van der Waals surface area contributed by atoms with Crippen molar-refractivity contribution in [2.75, 3.05) is 6.54 Å². The molecule has 1 aliphatic rings. The van der Waals surface area contributed by atoms with Crippen LogP contribution in [0.2, 0.25) is 0 Å². The number of hydrogen-bond donors (Lipinski definition) is 2. The Hall–Kier alpha value is -1.10. The fraction of sp³-hybridized carbons (Fsp3) is 0.833. The maximum absolute atomic E-state index is 12.0. The fourth-order valence-electron chi connectivity index (χ4n) is 1.87. The Morgan fingerprint density at radius 2 is 2.06 bits per heavy atom. The normalized spacial score (nSPS) is 18.5. The third kappa shape index (κ3) is 4.34. The molecule has 5 nitrogen and oxygen atoms in total. The lowest BCUT2D eigenvalue weighted by Crippen LogP contribution is -2.44. The van der Waals surface area contributed by atoms with Crippen LogP contribution in [0, 0.1) is 5.92 Å². The molecule has 0 aromatic heterocycles. The van der Waals surface area contributed by atoms with E-state index in [9.17, 15) is 9.59 Å². The maximum atomic E-state index is 12.0. The van der Waals surface area contributed by atoms with Gasteiger partial charge in [-0.15, -0.1) is 0 Å². The first-order chi connectivity index (χ1) is 7.95. The van der Waals surface area contributed by atoms with Crippen LogP contribution in [-0.2, 0) is 9.59 Å². The second-order valence-electron chi connectivity index (χ2n) is 4.88. The molecule has 2 unspecified atom stereocenters. The minimum atomic E-state index is -0.973. The number of nitrogens with two attached hydrogens (primary N) is 1. The minimum Gasteiger partial charge on any atom is -0.480 e. The van der Waals surface area contributed by atoms with Gasteiger partial charge in [0.15, 0.2) is 0 Å². The van der Waals surface area contributed by atoms with E-state index in [-0.39, 0.29) is 31.0 Å². The summed E-state index contributed by atoms with van der Waals surface area (Å²) in [6.45, 7) is 3.57. The molecule has 0 aromatic carbocycles. The third-order valence-corrected chi connectivity index (χ3v) is 3.39. The summed E-state index contributed by atoms with van der Waals surface area (Å²) in [5, 5.41) is 8.81. The molecule has 1 fully saturated rings. The molecule has 98 valence electrons. The van der Waals surface area contributed by atoms with Gasteiger partial charge in [0.1, 0.15) is 6.54 Å². The van der Waals surface area contributed by atoms with Gasteiger partial charge in [0.2, 0.25) is 5.91 Å². The molecule has 1 amide bonds. The van der Waals surface area contributed by atoms with E-state index in [1.54, 1.807) is 0 Å². The van der Waals surface area contributed by atoms with Crippen LogP contribution in [0.5, 0.6) is 0 Å². The van der Waals surface area contributed by atoms with Crippen LogP contribution in [0.3, 0.4) is 0 Å². The zero-order valence-electron chi connectivity index (χ0n) is 10.6. The molecule has 0 saturated heterocycles. The molecule has 0 spiro atoms. The van der Waals surface area contributed by atoms with Gasteiger partial charge >= 0.3 is 5.97 Å². The molecule has 1 aliphatic carbocycles. The molecule has 17 heavy (non-hydrogen) atoms. The highest BCUT2D eigenvalue weighted by Gasteiger charge is 2.32. The first-order valence-electron chi connectivity index (χ1n) is 6.22. The summed E-state index contributed by atoms with van der Waals surface area (Å²) in [6, 6.07) is -0.159. The minimum absolute atomic E-state index is 0.0509. The Kier molecular flexibility index (Phi) is 4.93. The lowest BCUT2D eigenvalue weighted by atomic mass is 10.1. The Morgan fingerprint density at radius 1 is 1.47 bits per heavy atom. The van der Waals surface area contributed by atoms with Crippen LogP contribution in [0.15, 0.2) is 0 Å². The van der Waals surface area contributed by atoms with Crippen molar-refractivity contribution in [2.24, 2.45) is 11.7 Å². The summed E-state index contributed by atoms with van der Waals surface area (Å²) in [7, 11) is 0. The van der Waals surface area contributed by atoms with Crippen molar-refractivity contribution in [3.8, 4) is 0 Å². The van der Waals surface area contributed by atoms with Gasteiger partial charge in [0.25, 0.3) is 0 Å². The number of carboxylic acids is 1. The van der Waals surface area contributed by atoms with E-state index in [0.29, 0.717) is 5.92 Å². The largest absolute Gasteiger partial charge is 0.480 e. The standard InChI is InChI=1S/C12H22N2O3/c1-3-8(2)14(7-12(16)17)11(15)6-10(13)9-4-5-9/h8-10H,3-7,13H2,1-2H3,(H,16,17). The molecular weight excluding hydrogens is 220 g/mol. The van der Waals surface area contributed by atoms with E-state index < -0.39 is 5.97 Å². The van der Waals surface area contributed by atoms with Crippen molar-refractivity contribution < 1.29 is 14.7 Å². The number of rotatable bonds is 7. The first-order valence-corrected chi connectivity index (χ1v) is 6.22. The molecule has 3 N–H and O–H groups in total. The summed E-state index contributed by atoms with van der Waals surface area (Å²) >= 11 is 0. The van der Waals surface area contributed by atoms with Crippen LogP contribution in [0.4, 0.5) is 0 Å². The second-order valence-corrected chi connectivity index (χ2v) is 4.88. The van der Waals surface area contributed by atoms with Crippen LogP contribution in [0.25, 0.3) is 0 Å². The van der Waals surface area contributed by atoms with E-state index >= 15 is 0 Å². The van der Waals surface area contributed by atoms with Gasteiger partial charge in [-0.3, -0.25) is 9.59 Å². The Bertz CT molecular complexity index is 289. The fourth-order valence-corrected chi connectivity index (χ4v) is 1.87. The summed E-state index contributed by atoms with van der Waals surface area (Å²) in [4.78, 5) is 24.2. The van der Waals surface area contributed by atoms with E-state index in [2.05, 4.69) is 0 Å². The van der Waals surface area contributed by atoms with E-state index in [0.717, 1.165) is 19.3 Å². The quantitative estimate of drug-likeness (QED) is 0.692. The summed E-state index contributed by atoms with van der Waals surface area (Å²) in [5.41, 5.74) is 5.90. The molecule has 0 heterocycles. The van der Waals surface area contributed by atoms with Gasteiger partial charge in [-0.25, -0.2) is 0 Å². The highest BCUT2D eigenvalue weighted by atomic mass is 16.4. The van der Waals surface area contributed by atoms with Gasteiger partial charge in [-0.1, -0.05) is 6.92 Å². The number of carboxylic acid groups (broad SMARTS) is 1. The van der Waals surface area contributed by atoms with Gasteiger partial charge < -0.3 is 15.7 Å². The molecule has 0 radical (unpaired) electrons. The van der Waals surface area contributed by atoms with Gasteiger partial charge in [-0.05, 0) is 32.1 Å². The Balaban J connectivity index is 2.54. The first kappa shape index (κ1) is 14.0. The smallest absolute Gasteiger partial charge is 0.323 e. The van der Waals surface area contributed by atoms with Crippen molar-refractivity contribution in [3.05, 3.63) is 0 Å². The lowest BCUT2D eigenvalue weighted by Gasteiger charge is -2.28. The Morgan fingerprint density at radius 3 is 2.47 bits per heavy atom. The van der Waals surface area contributed by atoms with Crippen LogP contribution in [-0.4, -0.2) is 40.5 Å². The third-order valence-electron chi connectivity index (χ3n) is 3.39. The van der Waals surface area contributed by atoms with Crippen LogP contribution in [0.1, 0.15) is 39.5 Å². The van der Waals surface area contributed by atoms with Gasteiger partial charge in [0.05, 0.1) is 0 Å². The predicted octanol–water partition coefficient (Wildman–Crippen LogP) is 0.825. The monoisotopic (exact) mass is 242 g/mol. The van der Waals surface area contributed by atoms with Crippen LogP contribution >= 0.6 is 0 Å². The number of amides is 1. The molecule has 1 saturated carbocycles. The molecule has 1 rings (SSSR count). The summed E-state index contributed by atoms with van der Waals surface area (Å²) in [5.74, 6) is -0.651. The maximum Gasteiger partial charge on any atom is 0.323 e. The molecule has 5 heteroatoms. The van der Waals surface area contributed by atoms with Crippen molar-refractivity contribution in [2.45, 2.75) is 51.6 Å². The molecule has 0 bridgehead atoms. The number of aliphatic carboxylic acids is 1. The number of nitrogens with zero attached hydrogens (tertiary/aromatic N) is 1. The predicted molar refractivity (Wildman–Crippen MR) is 64.4 cm³/mol. The molecule has 0 aliphatic heterocycles. The Labute approximate surface area is 102 Å². The number of carbonyl (C=O) groups is 2. The number of hydrogen-bond acceptors (Lipinski definition) is 3. The van der Waals surface area contributed by atoms with Crippen LogP contribution < -0.4 is 5.73 Å². The summed E-state index contributed by atoms with van der Waals surface area (Å²) in [6.07, 6.45) is 3.20. The average molecular weight is 242 g/mol. The molecular formula is C12H22N2O3. The highest BCUT2D eigenvalue weighted by molar-refractivity contribution is 5.82. The average Bonchev–Trinajstić information content (AvgIpc) is 3.07. The van der Waals surface area contributed by atoms with Gasteiger partial charge in [0, 0.05) is 18.5 Å². The van der Waals surface area contributed by atoms with E-state index in [1.165, 1.54) is 4.90 Å². The zero-order valence-corrected chi connectivity index (χ0v) is 10.6. The second kappa shape index (κ2) is 6.00. The van der Waals surface area contributed by atoms with Gasteiger partial charge in [-0.2, -0.15) is 0 Å². The van der Waals surface area contributed by atoms with Crippen molar-refractivity contribution >= 4 is 11.9 Å². The number of carbonyl (C=O) groups excluding carboxylic acids is 1. The topological polar surface area (TPSA) is 83.6 Å². The van der Waals surface area contributed by atoms with Crippen molar-refractivity contribution in [1.29, 1.82) is 0 Å². The molecule has 0 aromatic rings. The van der Waals surface area contributed by atoms with Crippen molar-refractivity contribution in [1.82, 2.24) is 4.90 Å².